The lowest BCUT2D eigenvalue weighted by Crippen LogP contribution is -2.12. The zero-order valence-electron chi connectivity index (χ0n) is 5.60. The van der Waals surface area contributed by atoms with Crippen molar-refractivity contribution >= 4 is 12.9 Å². The van der Waals surface area contributed by atoms with Crippen molar-refractivity contribution in [1.29, 1.82) is 0 Å². The molecule has 0 spiro atoms. The van der Waals surface area contributed by atoms with E-state index in [1.165, 1.54) is 7.48 Å². The zero-order chi connectivity index (χ0) is 7.84. The van der Waals surface area contributed by atoms with Gasteiger partial charge in [0.1, 0.15) is 0 Å². The van der Waals surface area contributed by atoms with Gasteiger partial charge >= 0.3 is 7.48 Å². The Labute approximate surface area is 63.3 Å². The van der Waals surface area contributed by atoms with Gasteiger partial charge in [0.25, 0.3) is 0 Å². The molecule has 0 aliphatic carbocycles. The van der Waals surface area contributed by atoms with E-state index in [4.69, 9.17) is 4.65 Å². The highest BCUT2D eigenvalue weighted by atomic mass is 19.2. The Bertz CT molecular complexity index is 272. The van der Waals surface area contributed by atoms with Crippen LogP contribution in [0.1, 0.15) is 5.56 Å². The number of benzene rings is 1. The molecule has 0 fully saturated rings. The van der Waals surface area contributed by atoms with Crippen molar-refractivity contribution in [2.24, 2.45) is 0 Å². The summed E-state index contributed by atoms with van der Waals surface area (Å²) in [6.07, 6.45) is 0. The SMILES string of the molecule is Fc1cc2c(cc1F)CO[B]2. The number of hydrogen-bond donors (Lipinski definition) is 0. The largest absolute Gasteiger partial charge is 0.430 e. The summed E-state index contributed by atoms with van der Waals surface area (Å²) < 4.78 is 29.9. The van der Waals surface area contributed by atoms with Crippen LogP contribution in [-0.2, 0) is 11.3 Å². The molecular weight excluding hydrogens is 149 g/mol. The van der Waals surface area contributed by atoms with Gasteiger partial charge in [-0.3, -0.25) is 0 Å². The van der Waals surface area contributed by atoms with Crippen LogP contribution in [0.25, 0.3) is 0 Å². The molecule has 1 heterocycles. The quantitative estimate of drug-likeness (QED) is 0.499. The Morgan fingerprint density at radius 1 is 1.27 bits per heavy atom. The molecule has 4 heteroatoms. The third-order valence-corrected chi connectivity index (χ3v) is 1.63. The van der Waals surface area contributed by atoms with Crippen LogP contribution in [0.2, 0.25) is 0 Å². The monoisotopic (exact) mass is 153 g/mol. The molecular formula is C7H4BF2O. The van der Waals surface area contributed by atoms with E-state index in [1.54, 1.807) is 0 Å². The summed E-state index contributed by atoms with van der Waals surface area (Å²) in [4.78, 5) is 0. The highest BCUT2D eigenvalue weighted by Gasteiger charge is 2.16. The van der Waals surface area contributed by atoms with Crippen LogP contribution in [0, 0.1) is 11.6 Å². The van der Waals surface area contributed by atoms with Gasteiger partial charge in [-0.25, -0.2) is 8.78 Å². The van der Waals surface area contributed by atoms with Crippen LogP contribution >= 0.6 is 0 Å². The summed E-state index contributed by atoms with van der Waals surface area (Å²) in [6.45, 7) is 0.340. The average Bonchev–Trinajstić information content (AvgIpc) is 2.36. The minimum atomic E-state index is -0.828. The summed E-state index contributed by atoms with van der Waals surface area (Å²) in [5.74, 6) is -1.65. The Morgan fingerprint density at radius 3 is 2.82 bits per heavy atom. The van der Waals surface area contributed by atoms with Gasteiger partial charge in [0.15, 0.2) is 11.6 Å². The van der Waals surface area contributed by atoms with Crippen LogP contribution < -0.4 is 5.46 Å². The van der Waals surface area contributed by atoms with E-state index in [2.05, 4.69) is 0 Å². The van der Waals surface area contributed by atoms with E-state index in [0.717, 1.165) is 12.1 Å². The van der Waals surface area contributed by atoms with E-state index >= 15 is 0 Å². The molecule has 0 atom stereocenters. The van der Waals surface area contributed by atoms with Crippen molar-refractivity contribution in [1.82, 2.24) is 0 Å². The lowest BCUT2D eigenvalue weighted by molar-refractivity contribution is 0.344. The molecule has 1 aromatic rings. The molecule has 1 aliphatic heterocycles. The molecule has 0 N–H and O–H groups in total. The second kappa shape index (κ2) is 2.31. The van der Waals surface area contributed by atoms with E-state index in [0.29, 0.717) is 17.6 Å². The number of fused-ring (bicyclic) bond motifs is 1. The second-order valence-electron chi connectivity index (χ2n) is 2.39. The molecule has 0 saturated heterocycles. The molecule has 55 valence electrons. The molecule has 11 heavy (non-hydrogen) atoms. The number of hydrogen-bond acceptors (Lipinski definition) is 1. The Hall–Kier alpha value is -0.895. The maximum Gasteiger partial charge on any atom is 0.330 e. The normalized spacial score (nSPS) is 14.4. The predicted octanol–water partition coefficient (Wildman–Crippen LogP) is 0.740. The van der Waals surface area contributed by atoms with Crippen molar-refractivity contribution < 1.29 is 13.4 Å². The topological polar surface area (TPSA) is 9.23 Å². The number of halogens is 2. The van der Waals surface area contributed by atoms with Crippen LogP contribution in [0.5, 0.6) is 0 Å². The Kier molecular flexibility index (Phi) is 1.42. The van der Waals surface area contributed by atoms with Gasteiger partial charge in [0.05, 0.1) is 6.61 Å². The van der Waals surface area contributed by atoms with Crippen molar-refractivity contribution in [3.63, 3.8) is 0 Å². The van der Waals surface area contributed by atoms with E-state index in [-0.39, 0.29) is 0 Å². The zero-order valence-corrected chi connectivity index (χ0v) is 5.60. The fraction of sp³-hybridized carbons (Fsp3) is 0.143. The van der Waals surface area contributed by atoms with Gasteiger partial charge in [-0.15, -0.1) is 0 Å². The third kappa shape index (κ3) is 1.03. The maximum atomic E-state index is 12.5. The third-order valence-electron chi connectivity index (χ3n) is 1.63. The minimum absolute atomic E-state index is 0.340. The molecule has 1 radical (unpaired) electrons. The first-order valence-corrected chi connectivity index (χ1v) is 3.20. The van der Waals surface area contributed by atoms with Crippen LogP contribution in [0.4, 0.5) is 8.78 Å². The van der Waals surface area contributed by atoms with Crippen LogP contribution in [0.15, 0.2) is 12.1 Å². The second-order valence-corrected chi connectivity index (χ2v) is 2.39. The highest BCUT2D eigenvalue weighted by molar-refractivity contribution is 6.48. The average molecular weight is 153 g/mol. The molecule has 0 unspecified atom stereocenters. The Balaban J connectivity index is 2.57. The lowest BCUT2D eigenvalue weighted by atomic mass is 9.87. The first-order chi connectivity index (χ1) is 5.27. The maximum absolute atomic E-state index is 12.5. The van der Waals surface area contributed by atoms with Gasteiger partial charge in [-0.1, -0.05) is 0 Å². The predicted molar refractivity (Wildman–Crippen MR) is 36.5 cm³/mol. The Morgan fingerprint density at radius 2 is 2.00 bits per heavy atom. The molecule has 1 aromatic carbocycles. The van der Waals surface area contributed by atoms with E-state index in [9.17, 15) is 8.78 Å². The van der Waals surface area contributed by atoms with Crippen molar-refractivity contribution in [3.05, 3.63) is 29.3 Å². The van der Waals surface area contributed by atoms with Crippen molar-refractivity contribution in [3.8, 4) is 0 Å². The summed E-state index contributed by atoms with van der Waals surface area (Å²) in [5, 5.41) is 0. The molecule has 1 aliphatic rings. The molecule has 2 rings (SSSR count). The summed E-state index contributed by atoms with van der Waals surface area (Å²) in [6, 6.07) is 2.30. The van der Waals surface area contributed by atoms with Gasteiger partial charge < -0.3 is 4.65 Å². The van der Waals surface area contributed by atoms with Gasteiger partial charge in [0, 0.05) is 0 Å². The smallest absolute Gasteiger partial charge is 0.330 e. The molecule has 0 aromatic heterocycles. The van der Waals surface area contributed by atoms with Crippen molar-refractivity contribution in [2.45, 2.75) is 6.61 Å². The van der Waals surface area contributed by atoms with Crippen LogP contribution in [-0.4, -0.2) is 7.48 Å². The van der Waals surface area contributed by atoms with Gasteiger partial charge in [0.2, 0.25) is 0 Å². The molecule has 0 bridgehead atoms. The fourth-order valence-electron chi connectivity index (χ4n) is 1.06. The van der Waals surface area contributed by atoms with E-state index < -0.39 is 11.6 Å². The first kappa shape index (κ1) is 6.79. The lowest BCUT2D eigenvalue weighted by Gasteiger charge is -1.96. The molecule has 0 saturated carbocycles. The molecule has 0 amide bonds. The fourth-order valence-corrected chi connectivity index (χ4v) is 1.06. The number of rotatable bonds is 0. The van der Waals surface area contributed by atoms with Gasteiger partial charge in [-0.2, -0.15) is 0 Å². The highest BCUT2D eigenvalue weighted by Crippen LogP contribution is 2.10. The van der Waals surface area contributed by atoms with Crippen LogP contribution in [0.3, 0.4) is 0 Å². The minimum Gasteiger partial charge on any atom is -0.430 e. The van der Waals surface area contributed by atoms with Crippen molar-refractivity contribution in [2.75, 3.05) is 0 Å². The molecule has 1 nitrogen and oxygen atoms in total. The van der Waals surface area contributed by atoms with E-state index in [1.807, 2.05) is 0 Å². The van der Waals surface area contributed by atoms with Gasteiger partial charge in [-0.05, 0) is 23.2 Å². The summed E-state index contributed by atoms with van der Waals surface area (Å²) in [5.41, 5.74) is 1.33. The standard InChI is InChI=1S/C7H4BF2O/c9-6-1-4-3-11-8-5(4)2-7(6)10/h1-2H,3H2. The summed E-state index contributed by atoms with van der Waals surface area (Å²) in [7, 11) is 1.43. The first-order valence-electron chi connectivity index (χ1n) is 3.20. The summed E-state index contributed by atoms with van der Waals surface area (Å²) >= 11 is 0.